The van der Waals surface area contributed by atoms with Crippen molar-refractivity contribution in [3.05, 3.63) is 59.7 Å². The van der Waals surface area contributed by atoms with Crippen molar-refractivity contribution in [2.24, 2.45) is 0 Å². The van der Waals surface area contributed by atoms with Crippen LogP contribution in [0, 0.1) is 0 Å². The highest BCUT2D eigenvalue weighted by Gasteiger charge is 2.36. The maximum atomic E-state index is 6.44. The zero-order chi connectivity index (χ0) is 19.3. The summed E-state index contributed by atoms with van der Waals surface area (Å²) in [6.45, 7) is 12.8. The lowest BCUT2D eigenvalue weighted by molar-refractivity contribution is 0.204. The molecule has 1 N–H and O–H groups in total. The maximum absolute atomic E-state index is 6.44. The number of hydrogen-bond donors (Lipinski definition) is 1. The second-order valence-corrected chi connectivity index (χ2v) is 7.91. The third-order valence-corrected chi connectivity index (χ3v) is 6.02. The van der Waals surface area contributed by atoms with Crippen molar-refractivity contribution in [3.8, 4) is 22.6 Å². The van der Waals surface area contributed by atoms with Gasteiger partial charge in [-0.05, 0) is 62.6 Å². The Morgan fingerprint density at radius 1 is 1.19 bits per heavy atom. The normalized spacial score (nSPS) is 19.2. The summed E-state index contributed by atoms with van der Waals surface area (Å²) in [5.74, 6) is 1.71. The number of ether oxygens (including phenoxy) is 2. The van der Waals surface area contributed by atoms with E-state index in [9.17, 15) is 0 Å². The molecule has 0 radical (unpaired) electrons. The van der Waals surface area contributed by atoms with Crippen LogP contribution in [0.2, 0.25) is 0 Å². The molecule has 0 saturated carbocycles. The number of fused-ring (bicyclic) bond motifs is 5. The minimum Gasteiger partial charge on any atom is -0.496 e. The minimum absolute atomic E-state index is 0.0576. The molecule has 1 atom stereocenters. The van der Waals surface area contributed by atoms with Crippen molar-refractivity contribution in [1.29, 1.82) is 0 Å². The molecule has 0 fully saturated rings. The van der Waals surface area contributed by atoms with Gasteiger partial charge in [-0.2, -0.15) is 0 Å². The van der Waals surface area contributed by atoms with Crippen molar-refractivity contribution in [1.82, 2.24) is 0 Å². The fourth-order valence-electron chi connectivity index (χ4n) is 4.34. The summed E-state index contributed by atoms with van der Waals surface area (Å²) in [7, 11) is 1.71. The number of benzene rings is 2. The molecule has 0 aliphatic carbocycles. The monoisotopic (exact) mass is 361 g/mol. The van der Waals surface area contributed by atoms with Crippen molar-refractivity contribution in [2.75, 3.05) is 12.4 Å². The molecule has 2 aliphatic heterocycles. The molecule has 0 aromatic heterocycles. The average Bonchev–Trinajstić information content (AvgIpc) is 2.65. The lowest BCUT2D eigenvalue weighted by atomic mass is 9.78. The molecule has 3 heteroatoms. The Hall–Kier alpha value is -2.68. The highest BCUT2D eigenvalue weighted by Crippen LogP contribution is 2.53. The molecular weight excluding hydrogens is 334 g/mol. The lowest BCUT2D eigenvalue weighted by Crippen LogP contribution is -2.36. The number of allylic oxidation sites excluding steroid dienone is 1. The first kappa shape index (κ1) is 17.7. The Bertz CT molecular complexity index is 969. The second-order valence-electron chi connectivity index (χ2n) is 7.91. The Kier molecular flexibility index (Phi) is 4.06. The summed E-state index contributed by atoms with van der Waals surface area (Å²) in [5.41, 5.74) is 8.48. The molecule has 0 spiro atoms. The summed E-state index contributed by atoms with van der Waals surface area (Å²) in [4.78, 5) is 0. The highest BCUT2D eigenvalue weighted by atomic mass is 16.5. The highest BCUT2D eigenvalue weighted by molar-refractivity contribution is 5.92. The fraction of sp³-hybridized carbons (Fsp3) is 0.333. The second kappa shape index (κ2) is 6.19. The van der Waals surface area contributed by atoms with E-state index in [0.717, 1.165) is 29.2 Å². The van der Waals surface area contributed by atoms with E-state index in [-0.39, 0.29) is 11.6 Å². The minimum atomic E-state index is -0.0651. The predicted molar refractivity (Wildman–Crippen MR) is 113 cm³/mol. The van der Waals surface area contributed by atoms with Crippen molar-refractivity contribution in [2.45, 2.75) is 45.8 Å². The molecule has 3 nitrogen and oxygen atoms in total. The Labute approximate surface area is 161 Å². The van der Waals surface area contributed by atoms with Crippen molar-refractivity contribution >= 4 is 11.3 Å². The molecule has 0 saturated heterocycles. The first-order valence-corrected chi connectivity index (χ1v) is 9.47. The van der Waals surface area contributed by atoms with E-state index in [1.807, 2.05) is 24.3 Å². The topological polar surface area (TPSA) is 30.5 Å². The van der Waals surface area contributed by atoms with E-state index in [0.29, 0.717) is 0 Å². The van der Waals surface area contributed by atoms with E-state index in [4.69, 9.17) is 9.47 Å². The number of rotatable bonds is 3. The van der Waals surface area contributed by atoms with Gasteiger partial charge >= 0.3 is 0 Å². The molecule has 140 valence electrons. The molecule has 2 aliphatic rings. The van der Waals surface area contributed by atoms with E-state index in [2.05, 4.69) is 51.7 Å². The molecule has 4 rings (SSSR count). The van der Waals surface area contributed by atoms with Gasteiger partial charge in [-0.1, -0.05) is 18.2 Å². The maximum Gasteiger partial charge on any atom is 0.131 e. The van der Waals surface area contributed by atoms with Gasteiger partial charge in [-0.3, -0.25) is 0 Å². The van der Waals surface area contributed by atoms with Gasteiger partial charge in [0.2, 0.25) is 0 Å². The van der Waals surface area contributed by atoms with Crippen molar-refractivity contribution < 1.29 is 9.47 Å². The van der Waals surface area contributed by atoms with E-state index in [1.54, 1.807) is 7.11 Å². The SMILES string of the molecule is C=CCC1Oc2cccc(OC)c2-c2ccc3c(c21)C(C)=C(C)C(C)(C)N3. The Morgan fingerprint density at radius 3 is 2.67 bits per heavy atom. The lowest BCUT2D eigenvalue weighted by Gasteiger charge is -2.40. The van der Waals surface area contributed by atoms with E-state index < -0.39 is 0 Å². The van der Waals surface area contributed by atoms with Gasteiger partial charge < -0.3 is 14.8 Å². The number of anilines is 1. The summed E-state index contributed by atoms with van der Waals surface area (Å²) in [5, 5.41) is 3.71. The van der Waals surface area contributed by atoms with Crippen LogP contribution >= 0.6 is 0 Å². The van der Waals surface area contributed by atoms with Crippen LogP contribution in [0.25, 0.3) is 16.7 Å². The average molecular weight is 361 g/mol. The van der Waals surface area contributed by atoms with Crippen LogP contribution in [0.4, 0.5) is 5.69 Å². The van der Waals surface area contributed by atoms with Crippen LogP contribution in [0.15, 0.2) is 48.6 Å². The first-order chi connectivity index (χ1) is 12.9. The summed E-state index contributed by atoms with van der Waals surface area (Å²) in [6.07, 6.45) is 2.64. The van der Waals surface area contributed by atoms with Crippen LogP contribution in [-0.2, 0) is 0 Å². The van der Waals surface area contributed by atoms with Gasteiger partial charge in [0.1, 0.15) is 17.6 Å². The molecule has 0 bridgehead atoms. The molecule has 27 heavy (non-hydrogen) atoms. The van der Waals surface area contributed by atoms with Gasteiger partial charge in [0.05, 0.1) is 18.2 Å². The van der Waals surface area contributed by atoms with Crippen LogP contribution in [0.3, 0.4) is 0 Å². The zero-order valence-electron chi connectivity index (χ0n) is 16.8. The zero-order valence-corrected chi connectivity index (χ0v) is 16.8. The standard InChI is InChI=1S/C24H27NO2/c1-7-9-19-23-16(22-18(26-6)10-8-11-20(22)27-19)12-13-17-21(23)14(2)15(3)24(4,5)25-17/h7-8,10-13,19,25H,1,9H2,2-6H3. The largest absolute Gasteiger partial charge is 0.496 e. The quantitative estimate of drug-likeness (QED) is 0.644. The molecule has 2 aromatic carbocycles. The van der Waals surface area contributed by atoms with Crippen molar-refractivity contribution in [3.63, 3.8) is 0 Å². The Morgan fingerprint density at radius 2 is 1.96 bits per heavy atom. The van der Waals surface area contributed by atoms with Gasteiger partial charge in [0, 0.05) is 23.2 Å². The number of hydrogen-bond acceptors (Lipinski definition) is 3. The molecule has 2 heterocycles. The summed E-state index contributed by atoms with van der Waals surface area (Å²) < 4.78 is 12.1. The summed E-state index contributed by atoms with van der Waals surface area (Å²) in [6, 6.07) is 10.4. The van der Waals surface area contributed by atoms with Gasteiger partial charge in [0.15, 0.2) is 0 Å². The fourth-order valence-corrected chi connectivity index (χ4v) is 4.34. The third-order valence-electron chi connectivity index (χ3n) is 6.02. The van der Waals surface area contributed by atoms with Gasteiger partial charge in [0.25, 0.3) is 0 Å². The van der Waals surface area contributed by atoms with Crippen LogP contribution in [0.5, 0.6) is 11.5 Å². The van der Waals surface area contributed by atoms with E-state index in [1.165, 1.54) is 27.8 Å². The number of nitrogens with one attached hydrogen (secondary N) is 1. The predicted octanol–water partition coefficient (Wildman–Crippen LogP) is 6.37. The molecule has 2 aromatic rings. The summed E-state index contributed by atoms with van der Waals surface area (Å²) >= 11 is 0. The molecule has 0 amide bonds. The van der Waals surface area contributed by atoms with Crippen LogP contribution < -0.4 is 14.8 Å². The third kappa shape index (κ3) is 2.56. The van der Waals surface area contributed by atoms with Crippen LogP contribution in [0.1, 0.15) is 51.3 Å². The van der Waals surface area contributed by atoms with Gasteiger partial charge in [-0.15, -0.1) is 6.58 Å². The first-order valence-electron chi connectivity index (χ1n) is 9.47. The van der Waals surface area contributed by atoms with Crippen LogP contribution in [-0.4, -0.2) is 12.6 Å². The molecular formula is C24H27NO2. The number of methoxy groups -OCH3 is 1. The molecule has 1 unspecified atom stereocenters. The van der Waals surface area contributed by atoms with E-state index >= 15 is 0 Å². The smallest absolute Gasteiger partial charge is 0.131 e. The Balaban J connectivity index is 2.05. The van der Waals surface area contributed by atoms with Gasteiger partial charge in [-0.25, -0.2) is 0 Å².